The van der Waals surface area contributed by atoms with Gasteiger partial charge in [0.1, 0.15) is 0 Å². The lowest BCUT2D eigenvalue weighted by Gasteiger charge is -2.24. The van der Waals surface area contributed by atoms with E-state index in [4.69, 9.17) is 10.2 Å². The van der Waals surface area contributed by atoms with Gasteiger partial charge in [0.25, 0.3) is 0 Å². The van der Waals surface area contributed by atoms with Crippen molar-refractivity contribution in [3.8, 4) is 0 Å². The van der Waals surface area contributed by atoms with Gasteiger partial charge in [-0.05, 0) is 41.0 Å². The van der Waals surface area contributed by atoms with Gasteiger partial charge in [0.05, 0.1) is 17.0 Å². The van der Waals surface area contributed by atoms with Crippen molar-refractivity contribution in [1.29, 1.82) is 0 Å². The number of hydrogen-bond acceptors (Lipinski definition) is 4. The minimum absolute atomic E-state index is 0.00104. The van der Waals surface area contributed by atoms with Crippen molar-refractivity contribution in [3.63, 3.8) is 0 Å². The molecule has 1 heterocycles. The molecule has 0 spiro atoms. The first-order valence-electron chi connectivity index (χ1n) is 5.26. The average Bonchev–Trinajstić information content (AvgIpc) is 2.70. The number of thiophene rings is 1. The molecule has 0 unspecified atom stereocenters. The third-order valence-electron chi connectivity index (χ3n) is 2.49. The van der Waals surface area contributed by atoms with Crippen molar-refractivity contribution >= 4 is 27.3 Å². The van der Waals surface area contributed by atoms with Gasteiger partial charge in [0.15, 0.2) is 0 Å². The number of aliphatic hydroxyl groups excluding tert-OH is 2. The van der Waals surface area contributed by atoms with Crippen LogP contribution in [0.5, 0.6) is 0 Å². The molecule has 0 atom stereocenters. The lowest BCUT2D eigenvalue weighted by molar-refractivity contribution is 0.0700. The molecule has 1 rings (SSSR count). The highest BCUT2D eigenvalue weighted by Crippen LogP contribution is 2.22. The van der Waals surface area contributed by atoms with Crippen LogP contribution in [-0.2, 0) is 6.42 Å². The molecule has 0 aromatic carbocycles. The van der Waals surface area contributed by atoms with E-state index >= 15 is 0 Å². The Bertz CT molecular complexity index is 313. The van der Waals surface area contributed by atoms with E-state index in [1.807, 2.05) is 13.0 Å². The van der Waals surface area contributed by atoms with Gasteiger partial charge in [0, 0.05) is 16.8 Å². The molecule has 0 saturated heterocycles. The third-order valence-corrected chi connectivity index (χ3v) is 4.18. The Balaban J connectivity index is 2.21. The summed E-state index contributed by atoms with van der Waals surface area (Å²) in [6.45, 7) is 3.36. The smallest absolute Gasteiger partial charge is 0.0701 e. The summed E-state index contributed by atoms with van der Waals surface area (Å²) < 4.78 is 1.15. The van der Waals surface area contributed by atoms with Crippen LogP contribution in [0.3, 0.4) is 0 Å². The molecule has 3 N–H and O–H groups in total. The first-order chi connectivity index (χ1) is 7.59. The lowest BCUT2D eigenvalue weighted by Crippen LogP contribution is -2.38. The number of halogens is 1. The molecule has 0 saturated carbocycles. The van der Waals surface area contributed by atoms with Crippen molar-refractivity contribution in [2.45, 2.75) is 13.3 Å². The highest BCUT2D eigenvalue weighted by atomic mass is 79.9. The maximum Gasteiger partial charge on any atom is 0.0701 e. The van der Waals surface area contributed by atoms with Gasteiger partial charge in [-0.2, -0.15) is 0 Å². The third kappa shape index (κ3) is 4.51. The lowest BCUT2D eigenvalue weighted by atomic mass is 9.93. The van der Waals surface area contributed by atoms with E-state index in [1.165, 1.54) is 4.88 Å². The number of rotatable bonds is 7. The van der Waals surface area contributed by atoms with E-state index in [9.17, 15) is 0 Å². The molecule has 1 aromatic rings. The Hall–Kier alpha value is 0.0600. The van der Waals surface area contributed by atoms with Crippen LogP contribution < -0.4 is 5.32 Å². The summed E-state index contributed by atoms with van der Waals surface area (Å²) in [4.78, 5) is 1.33. The van der Waals surface area contributed by atoms with E-state index < -0.39 is 5.41 Å². The van der Waals surface area contributed by atoms with Crippen molar-refractivity contribution in [3.05, 3.63) is 20.8 Å². The molecule has 0 aliphatic rings. The number of hydrogen-bond donors (Lipinski definition) is 3. The van der Waals surface area contributed by atoms with Gasteiger partial charge in [0.2, 0.25) is 0 Å². The van der Waals surface area contributed by atoms with E-state index in [2.05, 4.69) is 27.3 Å². The predicted octanol–water partition coefficient (Wildman–Crippen LogP) is 1.63. The molecule has 0 bridgehead atoms. The van der Waals surface area contributed by atoms with Crippen molar-refractivity contribution in [2.75, 3.05) is 26.3 Å². The molecule has 0 aliphatic heterocycles. The Labute approximate surface area is 109 Å². The molecule has 16 heavy (non-hydrogen) atoms. The minimum atomic E-state index is -0.421. The normalized spacial score (nSPS) is 12.0. The van der Waals surface area contributed by atoms with Crippen molar-refractivity contribution in [2.24, 2.45) is 5.41 Å². The first kappa shape index (κ1) is 14.1. The second-order valence-electron chi connectivity index (χ2n) is 4.26. The van der Waals surface area contributed by atoms with Gasteiger partial charge in [-0.3, -0.25) is 0 Å². The van der Waals surface area contributed by atoms with Gasteiger partial charge < -0.3 is 15.5 Å². The largest absolute Gasteiger partial charge is 0.396 e. The molecule has 5 heteroatoms. The van der Waals surface area contributed by atoms with E-state index in [0.717, 1.165) is 16.8 Å². The molecule has 1 aromatic heterocycles. The summed E-state index contributed by atoms with van der Waals surface area (Å²) in [7, 11) is 0. The maximum atomic E-state index is 9.10. The molecule has 3 nitrogen and oxygen atoms in total. The molecule has 0 amide bonds. The van der Waals surface area contributed by atoms with Crippen molar-refractivity contribution in [1.82, 2.24) is 5.32 Å². The average molecular weight is 308 g/mol. The van der Waals surface area contributed by atoms with Gasteiger partial charge in [-0.1, -0.05) is 6.92 Å². The Morgan fingerprint density at radius 3 is 2.56 bits per heavy atom. The molecule has 0 fully saturated rings. The van der Waals surface area contributed by atoms with E-state index in [0.29, 0.717) is 6.54 Å². The van der Waals surface area contributed by atoms with E-state index in [-0.39, 0.29) is 13.2 Å². The highest BCUT2D eigenvalue weighted by molar-refractivity contribution is 9.11. The maximum absolute atomic E-state index is 9.10. The standard InChI is InChI=1S/C11H18BrNO2S/c1-11(7-14,8-15)6-13-5-4-9-2-3-10(12)16-9/h2-3,13-15H,4-8H2,1H3. The van der Waals surface area contributed by atoms with Crippen molar-refractivity contribution < 1.29 is 10.2 Å². The van der Waals surface area contributed by atoms with Gasteiger partial charge >= 0.3 is 0 Å². The first-order valence-corrected chi connectivity index (χ1v) is 6.87. The van der Waals surface area contributed by atoms with Crippen LogP contribution in [0.15, 0.2) is 15.9 Å². The molecular weight excluding hydrogens is 290 g/mol. The minimum Gasteiger partial charge on any atom is -0.396 e. The molecular formula is C11H18BrNO2S. The van der Waals surface area contributed by atoms with Crippen LogP contribution in [0.1, 0.15) is 11.8 Å². The SMILES string of the molecule is CC(CO)(CO)CNCCc1ccc(Br)s1. The number of nitrogens with one attached hydrogen (secondary N) is 1. The zero-order valence-corrected chi connectivity index (χ0v) is 11.8. The van der Waals surface area contributed by atoms with Crippen LogP contribution >= 0.6 is 27.3 Å². The summed E-state index contributed by atoms with van der Waals surface area (Å²) in [6.07, 6.45) is 0.975. The Morgan fingerprint density at radius 1 is 1.38 bits per heavy atom. The Kier molecular flexibility index (Phi) is 5.92. The molecule has 0 radical (unpaired) electrons. The predicted molar refractivity (Wildman–Crippen MR) is 70.9 cm³/mol. The fraction of sp³-hybridized carbons (Fsp3) is 0.636. The monoisotopic (exact) mass is 307 g/mol. The second-order valence-corrected chi connectivity index (χ2v) is 6.81. The van der Waals surface area contributed by atoms with Crippen LogP contribution in [0.4, 0.5) is 0 Å². The summed E-state index contributed by atoms with van der Waals surface area (Å²) in [5.41, 5.74) is -0.421. The quantitative estimate of drug-likeness (QED) is 0.671. The summed E-state index contributed by atoms with van der Waals surface area (Å²) in [5.74, 6) is 0. The zero-order chi connectivity index (χ0) is 12.0. The number of aliphatic hydroxyl groups is 2. The van der Waals surface area contributed by atoms with Crippen LogP contribution in [0.2, 0.25) is 0 Å². The van der Waals surface area contributed by atoms with Gasteiger partial charge in [-0.15, -0.1) is 11.3 Å². The van der Waals surface area contributed by atoms with E-state index in [1.54, 1.807) is 11.3 Å². The summed E-state index contributed by atoms with van der Waals surface area (Å²) >= 11 is 5.16. The fourth-order valence-corrected chi connectivity index (χ4v) is 2.73. The molecule has 92 valence electrons. The van der Waals surface area contributed by atoms with Crippen LogP contribution in [-0.4, -0.2) is 36.5 Å². The fourth-order valence-electron chi connectivity index (χ4n) is 1.25. The molecule has 0 aliphatic carbocycles. The zero-order valence-electron chi connectivity index (χ0n) is 9.37. The van der Waals surface area contributed by atoms with Crippen LogP contribution in [0.25, 0.3) is 0 Å². The van der Waals surface area contributed by atoms with Gasteiger partial charge in [-0.25, -0.2) is 0 Å². The highest BCUT2D eigenvalue weighted by Gasteiger charge is 2.21. The second kappa shape index (κ2) is 6.71. The van der Waals surface area contributed by atoms with Crippen LogP contribution in [0, 0.1) is 5.41 Å². The summed E-state index contributed by atoms with van der Waals surface area (Å²) in [6, 6.07) is 4.15. The Morgan fingerprint density at radius 2 is 2.06 bits per heavy atom. The summed E-state index contributed by atoms with van der Waals surface area (Å²) in [5, 5.41) is 21.5. The topological polar surface area (TPSA) is 52.5 Å².